The van der Waals surface area contributed by atoms with E-state index < -0.39 is 6.29 Å². The molecule has 2 saturated carbocycles. The highest BCUT2D eigenvalue weighted by atomic mass is 16.7. The van der Waals surface area contributed by atoms with Crippen LogP contribution in [-0.4, -0.2) is 36.6 Å². The number of aliphatic hydroxyl groups is 1. The van der Waals surface area contributed by atoms with Gasteiger partial charge in [0.15, 0.2) is 5.76 Å². The predicted octanol–water partition coefficient (Wildman–Crippen LogP) is 3.49. The summed E-state index contributed by atoms with van der Waals surface area (Å²) < 4.78 is 11.8. The van der Waals surface area contributed by atoms with Gasteiger partial charge in [0.2, 0.25) is 6.29 Å². The Morgan fingerprint density at radius 3 is 2.71 bits per heavy atom. The quantitative estimate of drug-likeness (QED) is 0.672. The molecule has 0 aromatic heterocycles. The number of unbranched alkanes of at least 4 members (excludes halogenated alkanes) is 1. The minimum Gasteiger partial charge on any atom is -0.459 e. The van der Waals surface area contributed by atoms with Crippen LogP contribution in [0.15, 0.2) is 42.2 Å². The van der Waals surface area contributed by atoms with E-state index in [4.69, 9.17) is 14.6 Å². The number of nitrogens with one attached hydrogen (secondary N) is 1. The van der Waals surface area contributed by atoms with Gasteiger partial charge < -0.3 is 19.9 Å². The van der Waals surface area contributed by atoms with Crippen molar-refractivity contribution >= 4 is 5.91 Å². The lowest BCUT2D eigenvalue weighted by molar-refractivity contribution is -0.147. The van der Waals surface area contributed by atoms with Gasteiger partial charge in [-0.25, -0.2) is 0 Å². The molecule has 4 rings (SSSR count). The van der Waals surface area contributed by atoms with Gasteiger partial charge in [-0.05, 0) is 55.6 Å². The van der Waals surface area contributed by atoms with E-state index in [2.05, 4.69) is 17.4 Å². The van der Waals surface area contributed by atoms with Crippen LogP contribution in [-0.2, 0) is 14.3 Å². The first kappa shape index (κ1) is 19.5. The Balaban J connectivity index is 1.43. The molecule has 2 N–H and O–H groups in total. The van der Waals surface area contributed by atoms with E-state index in [-0.39, 0.29) is 24.5 Å². The third-order valence-electron chi connectivity index (χ3n) is 6.42. The highest BCUT2D eigenvalue weighted by Crippen LogP contribution is 2.44. The number of benzene rings is 1. The molecule has 1 aliphatic heterocycles. The van der Waals surface area contributed by atoms with E-state index in [1.165, 1.54) is 24.8 Å². The lowest BCUT2D eigenvalue weighted by Crippen LogP contribution is -2.41. The lowest BCUT2D eigenvalue weighted by Gasteiger charge is -2.30. The Hall–Kier alpha value is -1.85. The molecule has 28 heavy (non-hydrogen) atoms. The van der Waals surface area contributed by atoms with Gasteiger partial charge in [-0.3, -0.25) is 4.79 Å². The zero-order valence-electron chi connectivity index (χ0n) is 16.4. The molecule has 1 heterocycles. The Morgan fingerprint density at radius 2 is 2.00 bits per heavy atom. The van der Waals surface area contributed by atoms with Crippen LogP contribution in [0.2, 0.25) is 0 Å². The average Bonchev–Trinajstić information content (AvgIpc) is 3.35. The average molecular weight is 386 g/mol. The van der Waals surface area contributed by atoms with E-state index in [9.17, 15) is 4.79 Å². The minimum absolute atomic E-state index is 0.0959. The molecule has 3 unspecified atom stereocenters. The number of hydrogen-bond acceptors (Lipinski definition) is 4. The molecule has 3 aliphatic rings. The largest absolute Gasteiger partial charge is 0.459 e. The zero-order chi connectivity index (χ0) is 19.3. The monoisotopic (exact) mass is 385 g/mol. The highest BCUT2D eigenvalue weighted by Gasteiger charge is 2.41. The maximum Gasteiger partial charge on any atom is 0.286 e. The summed E-state index contributed by atoms with van der Waals surface area (Å²) in [6.07, 6.45) is 8.61. The lowest BCUT2D eigenvalue weighted by atomic mass is 9.92. The summed E-state index contributed by atoms with van der Waals surface area (Å²) in [6.45, 7) is 0.687. The summed E-state index contributed by atoms with van der Waals surface area (Å²) in [6, 6.07) is 10.5. The van der Waals surface area contributed by atoms with Crippen molar-refractivity contribution in [3.63, 3.8) is 0 Å². The second kappa shape index (κ2) is 9.10. The molecule has 1 amide bonds. The van der Waals surface area contributed by atoms with Crippen LogP contribution in [0.4, 0.5) is 0 Å². The molecule has 0 radical (unpaired) electrons. The fourth-order valence-electron chi connectivity index (χ4n) is 4.94. The second-order valence-corrected chi connectivity index (χ2v) is 8.39. The first-order valence-corrected chi connectivity index (χ1v) is 10.7. The van der Waals surface area contributed by atoms with Gasteiger partial charge in [0.25, 0.3) is 5.91 Å². The molecule has 152 valence electrons. The second-order valence-electron chi connectivity index (χ2n) is 8.39. The molecule has 2 aliphatic carbocycles. The number of ether oxygens (including phenoxy) is 2. The van der Waals surface area contributed by atoms with Gasteiger partial charge in [-0.15, -0.1) is 0 Å². The normalized spacial score (nSPS) is 31.3. The van der Waals surface area contributed by atoms with Gasteiger partial charge in [-0.2, -0.15) is 0 Å². The third kappa shape index (κ3) is 4.58. The van der Waals surface area contributed by atoms with Crippen LogP contribution in [0.5, 0.6) is 0 Å². The van der Waals surface area contributed by atoms with Crippen molar-refractivity contribution in [3.8, 4) is 0 Å². The third-order valence-corrected chi connectivity index (χ3v) is 6.42. The summed E-state index contributed by atoms with van der Waals surface area (Å²) in [5.41, 5.74) is 1.17. The predicted molar refractivity (Wildman–Crippen MR) is 106 cm³/mol. The van der Waals surface area contributed by atoms with Gasteiger partial charge in [-0.1, -0.05) is 36.8 Å². The molecular formula is C23H31NO4. The maximum absolute atomic E-state index is 12.9. The number of allylic oxidation sites excluding steroid dienone is 1. The molecule has 0 saturated heterocycles. The van der Waals surface area contributed by atoms with E-state index in [1.807, 2.05) is 24.3 Å². The van der Waals surface area contributed by atoms with Crippen LogP contribution in [0.1, 0.15) is 56.4 Å². The zero-order valence-corrected chi connectivity index (χ0v) is 16.4. The van der Waals surface area contributed by atoms with E-state index in [0.717, 1.165) is 18.8 Å². The molecule has 0 spiro atoms. The fraction of sp³-hybridized carbons (Fsp3) is 0.609. The molecule has 1 aromatic rings. The summed E-state index contributed by atoms with van der Waals surface area (Å²) in [4.78, 5) is 12.9. The number of fused-ring (bicyclic) bond motifs is 2. The Bertz CT molecular complexity index is 689. The van der Waals surface area contributed by atoms with Crippen molar-refractivity contribution < 1.29 is 19.4 Å². The highest BCUT2D eigenvalue weighted by molar-refractivity contribution is 5.92. The number of amides is 1. The van der Waals surface area contributed by atoms with Crippen LogP contribution < -0.4 is 5.32 Å². The SMILES string of the molecule is O=C(NC1CC2CCC1C2)C1=C[C@H](c2ccccc2)C[C@H](OCCCCO)O1. The number of hydrogen-bond donors (Lipinski definition) is 2. The smallest absolute Gasteiger partial charge is 0.286 e. The topological polar surface area (TPSA) is 67.8 Å². The summed E-state index contributed by atoms with van der Waals surface area (Å²) in [5.74, 6) is 1.79. The minimum atomic E-state index is -0.435. The first-order chi connectivity index (χ1) is 13.7. The van der Waals surface area contributed by atoms with Crippen molar-refractivity contribution in [2.24, 2.45) is 11.8 Å². The van der Waals surface area contributed by atoms with Crippen molar-refractivity contribution in [1.82, 2.24) is 5.32 Å². The Kier molecular flexibility index (Phi) is 6.33. The molecule has 5 nitrogen and oxygen atoms in total. The van der Waals surface area contributed by atoms with Crippen molar-refractivity contribution in [2.45, 2.75) is 63.2 Å². The van der Waals surface area contributed by atoms with Crippen molar-refractivity contribution in [1.29, 1.82) is 0 Å². The number of aliphatic hydroxyl groups excluding tert-OH is 1. The first-order valence-electron chi connectivity index (χ1n) is 10.7. The van der Waals surface area contributed by atoms with E-state index in [1.54, 1.807) is 0 Å². The van der Waals surface area contributed by atoms with Crippen LogP contribution >= 0.6 is 0 Å². The molecule has 2 bridgehead atoms. The fourth-order valence-corrected chi connectivity index (χ4v) is 4.94. The van der Waals surface area contributed by atoms with Crippen LogP contribution in [0.25, 0.3) is 0 Å². The standard InChI is InChI=1S/C23H31NO4/c25-10-4-5-11-27-22-15-19(17-6-2-1-3-7-17)14-21(28-22)23(26)24-20-13-16-8-9-18(20)12-16/h1-3,6-7,14,16,18-20,22,25H,4-5,8-13,15H2,(H,24,26)/t16?,18?,19-,20?,22+/m0/s1. The van der Waals surface area contributed by atoms with Gasteiger partial charge in [0, 0.05) is 25.0 Å². The van der Waals surface area contributed by atoms with E-state index in [0.29, 0.717) is 31.1 Å². The Labute approximate surface area is 167 Å². The van der Waals surface area contributed by atoms with Gasteiger partial charge in [0.05, 0.1) is 6.61 Å². The maximum atomic E-state index is 12.9. The summed E-state index contributed by atoms with van der Waals surface area (Å²) >= 11 is 0. The molecular weight excluding hydrogens is 354 g/mol. The molecule has 2 fully saturated rings. The van der Waals surface area contributed by atoms with Crippen LogP contribution in [0, 0.1) is 11.8 Å². The number of rotatable bonds is 8. The van der Waals surface area contributed by atoms with Crippen molar-refractivity contribution in [3.05, 3.63) is 47.7 Å². The van der Waals surface area contributed by atoms with Crippen molar-refractivity contribution in [2.75, 3.05) is 13.2 Å². The van der Waals surface area contributed by atoms with Crippen LogP contribution in [0.3, 0.4) is 0 Å². The molecule has 5 heteroatoms. The molecule has 1 aromatic carbocycles. The van der Waals surface area contributed by atoms with E-state index >= 15 is 0 Å². The van der Waals surface area contributed by atoms with Gasteiger partial charge >= 0.3 is 0 Å². The Morgan fingerprint density at radius 1 is 1.14 bits per heavy atom. The summed E-state index contributed by atoms with van der Waals surface area (Å²) in [7, 11) is 0. The number of carbonyl (C=O) groups is 1. The summed E-state index contributed by atoms with van der Waals surface area (Å²) in [5, 5.41) is 12.2. The van der Waals surface area contributed by atoms with Gasteiger partial charge in [0.1, 0.15) is 0 Å². The number of carbonyl (C=O) groups excluding carboxylic acids is 1. The molecule has 5 atom stereocenters.